The van der Waals surface area contributed by atoms with E-state index in [-0.39, 0.29) is 11.6 Å². The maximum atomic E-state index is 14.4. The Hall–Kier alpha value is -3.46. The zero-order chi connectivity index (χ0) is 21.7. The van der Waals surface area contributed by atoms with Gasteiger partial charge in [0.1, 0.15) is 5.52 Å². The summed E-state index contributed by atoms with van der Waals surface area (Å²) >= 11 is 0. The first-order chi connectivity index (χ1) is 14.9. The van der Waals surface area contributed by atoms with Crippen molar-refractivity contribution in [2.45, 2.75) is 19.9 Å². The number of hydrogen-bond acceptors (Lipinski definition) is 5. The lowest BCUT2D eigenvalue weighted by molar-refractivity contribution is 0.102. The number of pyridine rings is 1. The van der Waals surface area contributed by atoms with Crippen molar-refractivity contribution in [2.24, 2.45) is 7.05 Å². The molecule has 0 unspecified atom stereocenters. The van der Waals surface area contributed by atoms with E-state index in [0.717, 1.165) is 30.7 Å². The second-order valence-electron chi connectivity index (χ2n) is 8.09. The van der Waals surface area contributed by atoms with Crippen molar-refractivity contribution in [2.75, 3.05) is 29.9 Å². The van der Waals surface area contributed by atoms with Crippen molar-refractivity contribution < 1.29 is 9.18 Å². The fraction of sp³-hybridized carbons (Fsp3) is 0.318. The average molecular weight is 421 g/mol. The number of carbonyl (C=O) groups excluding carboxylic acids is 1. The number of aryl methyl sites for hydroxylation is 2. The van der Waals surface area contributed by atoms with Crippen LogP contribution in [0, 0.1) is 12.7 Å². The standard InChI is InChI=1S/C22H24FN7O/c1-13-10-29-11-15(8-18(23)21(29)25-13)26-22(31)16-4-5-19(17-12-28(3)27-20(16)17)30-7-6-24-9-14(30)2/h4-5,8,10-12,14,24H,6-7,9H2,1-3H3,(H,26,31)/t14-/m1/s1. The van der Waals surface area contributed by atoms with E-state index < -0.39 is 5.82 Å². The molecule has 1 aliphatic heterocycles. The molecule has 160 valence electrons. The summed E-state index contributed by atoms with van der Waals surface area (Å²) in [5.74, 6) is -0.823. The minimum atomic E-state index is -0.489. The smallest absolute Gasteiger partial charge is 0.257 e. The van der Waals surface area contributed by atoms with E-state index in [2.05, 4.69) is 32.5 Å². The molecule has 1 aliphatic rings. The molecule has 1 atom stereocenters. The number of nitrogens with zero attached hydrogens (tertiary/aromatic N) is 5. The molecule has 0 radical (unpaired) electrons. The predicted octanol–water partition coefficient (Wildman–Crippen LogP) is 2.72. The molecule has 1 saturated heterocycles. The molecule has 0 aliphatic carbocycles. The molecule has 31 heavy (non-hydrogen) atoms. The van der Waals surface area contributed by atoms with Crippen molar-refractivity contribution in [1.29, 1.82) is 0 Å². The number of nitrogens with one attached hydrogen (secondary N) is 2. The van der Waals surface area contributed by atoms with Gasteiger partial charge in [-0.2, -0.15) is 5.10 Å². The first-order valence-electron chi connectivity index (χ1n) is 10.3. The van der Waals surface area contributed by atoms with E-state index in [4.69, 9.17) is 0 Å². The Morgan fingerprint density at radius 3 is 2.94 bits per heavy atom. The Morgan fingerprint density at radius 1 is 1.29 bits per heavy atom. The number of fused-ring (bicyclic) bond motifs is 2. The molecule has 2 N–H and O–H groups in total. The van der Waals surface area contributed by atoms with E-state index >= 15 is 0 Å². The van der Waals surface area contributed by atoms with E-state index in [0.29, 0.717) is 28.5 Å². The number of piperazine rings is 1. The molecule has 3 aromatic heterocycles. The van der Waals surface area contributed by atoms with Crippen LogP contribution >= 0.6 is 0 Å². The first kappa shape index (κ1) is 19.5. The number of anilines is 2. The molecule has 4 aromatic rings. The lowest BCUT2D eigenvalue weighted by Crippen LogP contribution is -2.50. The second-order valence-corrected chi connectivity index (χ2v) is 8.09. The van der Waals surface area contributed by atoms with Gasteiger partial charge in [-0.15, -0.1) is 0 Å². The first-order valence-corrected chi connectivity index (χ1v) is 10.3. The van der Waals surface area contributed by atoms with Crippen LogP contribution in [0.5, 0.6) is 0 Å². The predicted molar refractivity (Wildman–Crippen MR) is 118 cm³/mol. The Kier molecular flexibility index (Phi) is 4.62. The third-order valence-corrected chi connectivity index (χ3v) is 5.71. The summed E-state index contributed by atoms with van der Waals surface area (Å²) in [6, 6.07) is 5.39. The van der Waals surface area contributed by atoms with Crippen LogP contribution in [0.25, 0.3) is 16.6 Å². The summed E-state index contributed by atoms with van der Waals surface area (Å²) in [5.41, 5.74) is 3.44. The minimum Gasteiger partial charge on any atom is -0.366 e. The van der Waals surface area contributed by atoms with Crippen molar-refractivity contribution in [3.05, 3.63) is 53.9 Å². The van der Waals surface area contributed by atoms with Gasteiger partial charge >= 0.3 is 0 Å². The molecule has 0 bridgehead atoms. The summed E-state index contributed by atoms with van der Waals surface area (Å²) in [6.07, 6.45) is 5.31. The normalized spacial score (nSPS) is 16.9. The highest BCUT2D eigenvalue weighted by Gasteiger charge is 2.23. The maximum absolute atomic E-state index is 14.4. The van der Waals surface area contributed by atoms with Crippen LogP contribution in [0.4, 0.5) is 15.8 Å². The number of amides is 1. The van der Waals surface area contributed by atoms with E-state index in [1.54, 1.807) is 34.5 Å². The highest BCUT2D eigenvalue weighted by atomic mass is 19.1. The second kappa shape index (κ2) is 7.35. The zero-order valence-corrected chi connectivity index (χ0v) is 17.7. The molecule has 1 fully saturated rings. The van der Waals surface area contributed by atoms with E-state index in [9.17, 15) is 9.18 Å². The number of carbonyl (C=O) groups is 1. The van der Waals surface area contributed by atoms with Gasteiger partial charge in [-0.3, -0.25) is 9.48 Å². The van der Waals surface area contributed by atoms with Crippen molar-refractivity contribution in [3.8, 4) is 0 Å². The Balaban J connectivity index is 1.51. The van der Waals surface area contributed by atoms with Crippen molar-refractivity contribution in [3.63, 3.8) is 0 Å². The van der Waals surface area contributed by atoms with Crippen LogP contribution in [0.3, 0.4) is 0 Å². The summed E-state index contributed by atoms with van der Waals surface area (Å²) < 4.78 is 17.7. The number of hydrogen-bond donors (Lipinski definition) is 2. The number of imidazole rings is 1. The van der Waals surface area contributed by atoms with Gasteiger partial charge in [0.05, 0.1) is 16.9 Å². The van der Waals surface area contributed by atoms with Crippen LogP contribution in [0.1, 0.15) is 23.0 Å². The molecule has 1 aromatic carbocycles. The largest absolute Gasteiger partial charge is 0.366 e. The lowest BCUT2D eigenvalue weighted by Gasteiger charge is -2.36. The fourth-order valence-corrected chi connectivity index (χ4v) is 4.28. The van der Waals surface area contributed by atoms with Gasteiger partial charge < -0.3 is 19.9 Å². The topological polar surface area (TPSA) is 79.5 Å². The molecule has 1 amide bonds. The quantitative estimate of drug-likeness (QED) is 0.532. The summed E-state index contributed by atoms with van der Waals surface area (Å²) in [7, 11) is 1.84. The molecule has 9 heteroatoms. The Morgan fingerprint density at radius 2 is 2.13 bits per heavy atom. The summed E-state index contributed by atoms with van der Waals surface area (Å²) in [5, 5.41) is 11.7. The van der Waals surface area contributed by atoms with Crippen LogP contribution in [0.2, 0.25) is 0 Å². The minimum absolute atomic E-state index is 0.233. The van der Waals surface area contributed by atoms with E-state index in [1.165, 1.54) is 6.07 Å². The molecular weight excluding hydrogens is 397 g/mol. The van der Waals surface area contributed by atoms with Gasteiger partial charge in [0.25, 0.3) is 5.91 Å². The highest BCUT2D eigenvalue weighted by Crippen LogP contribution is 2.31. The molecule has 4 heterocycles. The summed E-state index contributed by atoms with van der Waals surface area (Å²) in [6.45, 7) is 6.68. The van der Waals surface area contributed by atoms with Crippen LogP contribution in [-0.4, -0.2) is 50.7 Å². The lowest BCUT2D eigenvalue weighted by atomic mass is 10.1. The summed E-state index contributed by atoms with van der Waals surface area (Å²) in [4.78, 5) is 19.6. The molecular formula is C22H24FN7O. The number of rotatable bonds is 3. The molecule has 8 nitrogen and oxygen atoms in total. The highest BCUT2D eigenvalue weighted by molar-refractivity contribution is 6.13. The van der Waals surface area contributed by atoms with Gasteiger partial charge in [0.15, 0.2) is 11.5 Å². The van der Waals surface area contributed by atoms with Crippen molar-refractivity contribution >= 4 is 33.8 Å². The van der Waals surface area contributed by atoms with E-state index in [1.807, 2.05) is 19.3 Å². The third-order valence-electron chi connectivity index (χ3n) is 5.71. The van der Waals surface area contributed by atoms with Gasteiger partial charge in [0.2, 0.25) is 0 Å². The average Bonchev–Trinajstić information content (AvgIpc) is 3.29. The fourth-order valence-electron chi connectivity index (χ4n) is 4.28. The van der Waals surface area contributed by atoms with Crippen LogP contribution in [-0.2, 0) is 7.05 Å². The number of aromatic nitrogens is 4. The third kappa shape index (κ3) is 3.40. The monoisotopic (exact) mass is 421 g/mol. The number of halogens is 1. The SMILES string of the molecule is Cc1cn2cc(NC(=O)c3ccc(N4CCNC[C@H]4C)c4cn(C)nc34)cc(F)c2n1. The van der Waals surface area contributed by atoms with Crippen LogP contribution in [0.15, 0.2) is 36.8 Å². The van der Waals surface area contributed by atoms with Crippen molar-refractivity contribution in [1.82, 2.24) is 24.5 Å². The van der Waals surface area contributed by atoms with Crippen LogP contribution < -0.4 is 15.5 Å². The molecule has 5 rings (SSSR count). The molecule has 0 spiro atoms. The Labute approximate surface area is 178 Å². The van der Waals surface area contributed by atoms with Gasteiger partial charge in [-0.05, 0) is 26.0 Å². The maximum Gasteiger partial charge on any atom is 0.257 e. The van der Waals surface area contributed by atoms with Gasteiger partial charge in [-0.25, -0.2) is 9.37 Å². The Bertz CT molecular complexity index is 1310. The number of benzene rings is 1. The molecule has 0 saturated carbocycles. The zero-order valence-electron chi connectivity index (χ0n) is 17.7. The van der Waals surface area contributed by atoms with Gasteiger partial charge in [0, 0.05) is 68.5 Å². The van der Waals surface area contributed by atoms with Gasteiger partial charge in [-0.1, -0.05) is 0 Å².